The topological polar surface area (TPSA) is 59.3 Å². The molecule has 25 heavy (non-hydrogen) atoms. The summed E-state index contributed by atoms with van der Waals surface area (Å²) < 4.78 is 1.80. The molecule has 0 radical (unpaired) electrons. The van der Waals surface area contributed by atoms with Crippen molar-refractivity contribution in [1.82, 2.24) is 9.78 Å². The van der Waals surface area contributed by atoms with Gasteiger partial charge >= 0.3 is 0 Å². The molecule has 5 nitrogen and oxygen atoms in total. The summed E-state index contributed by atoms with van der Waals surface area (Å²) in [5, 5.41) is 8.49. The Hall–Kier alpha value is -2.92. The van der Waals surface area contributed by atoms with Crippen LogP contribution in [0.5, 0.6) is 0 Å². The monoisotopic (exact) mass is 350 g/mol. The third-order valence-electron chi connectivity index (χ3n) is 4.17. The number of nitrogens with one attached hydrogen (secondary N) is 1. The summed E-state index contributed by atoms with van der Waals surface area (Å²) in [4.78, 5) is 16.2. The molecule has 2 heterocycles. The number of carbonyl (C=O) groups excluding carboxylic acids is 1. The number of hydrogen-bond donors (Lipinski definition) is 1. The summed E-state index contributed by atoms with van der Waals surface area (Å²) in [7, 11) is 0. The third-order valence-corrected chi connectivity index (χ3v) is 4.50. The van der Waals surface area contributed by atoms with E-state index >= 15 is 0 Å². The SMILES string of the molecule is Cc1nn(-c2ccccc2)c2c1C(C=O)N=C(c1ccccc1Cl)N2. The Morgan fingerprint density at radius 3 is 2.56 bits per heavy atom. The van der Waals surface area contributed by atoms with E-state index in [0.29, 0.717) is 10.9 Å². The molecule has 1 atom stereocenters. The fourth-order valence-electron chi connectivity index (χ4n) is 3.01. The van der Waals surface area contributed by atoms with Crippen LogP contribution in [0.2, 0.25) is 5.02 Å². The number of benzene rings is 2. The van der Waals surface area contributed by atoms with Crippen LogP contribution in [0, 0.1) is 6.92 Å². The molecule has 6 heteroatoms. The number of carbonyl (C=O) groups is 1. The van der Waals surface area contributed by atoms with Gasteiger partial charge in [0.15, 0.2) is 0 Å². The standard InChI is InChI=1S/C19H15ClN4O/c1-12-17-16(11-25)21-18(14-9-5-6-10-15(14)20)22-19(17)24(23-12)13-7-3-2-4-8-13/h2-11,16H,1H3,(H,21,22). The fourth-order valence-corrected chi connectivity index (χ4v) is 3.23. The van der Waals surface area contributed by atoms with E-state index in [1.165, 1.54) is 0 Å². The summed E-state index contributed by atoms with van der Waals surface area (Å²) in [5.74, 6) is 1.30. The normalized spacial score (nSPS) is 15.9. The number of rotatable bonds is 3. The molecule has 1 aliphatic heterocycles. The van der Waals surface area contributed by atoms with Crippen molar-refractivity contribution in [2.75, 3.05) is 5.32 Å². The van der Waals surface area contributed by atoms with Gasteiger partial charge in [-0.25, -0.2) is 4.68 Å². The molecule has 1 N–H and O–H groups in total. The minimum atomic E-state index is -0.611. The number of hydrogen-bond acceptors (Lipinski definition) is 4. The molecule has 0 amide bonds. The molecular formula is C19H15ClN4O. The molecule has 0 aliphatic carbocycles. The number of aliphatic imine (C=N–C) groups is 1. The number of aromatic nitrogens is 2. The van der Waals surface area contributed by atoms with Gasteiger partial charge in [-0.1, -0.05) is 41.9 Å². The molecule has 4 rings (SSSR count). The molecule has 1 aliphatic rings. The van der Waals surface area contributed by atoms with Gasteiger partial charge in [-0.15, -0.1) is 0 Å². The Kier molecular flexibility index (Phi) is 3.86. The van der Waals surface area contributed by atoms with Crippen molar-refractivity contribution in [2.45, 2.75) is 13.0 Å². The average molecular weight is 351 g/mol. The van der Waals surface area contributed by atoms with Gasteiger partial charge in [0.2, 0.25) is 0 Å². The van der Waals surface area contributed by atoms with Gasteiger partial charge in [-0.3, -0.25) is 4.99 Å². The maximum atomic E-state index is 11.7. The van der Waals surface area contributed by atoms with Crippen LogP contribution in [0.1, 0.15) is 22.9 Å². The van der Waals surface area contributed by atoms with E-state index in [4.69, 9.17) is 11.6 Å². The van der Waals surface area contributed by atoms with Crippen molar-refractivity contribution in [2.24, 2.45) is 4.99 Å². The summed E-state index contributed by atoms with van der Waals surface area (Å²) in [6.07, 6.45) is 0.834. The van der Waals surface area contributed by atoms with E-state index in [1.54, 1.807) is 10.7 Å². The molecule has 0 bridgehead atoms. The fraction of sp³-hybridized carbons (Fsp3) is 0.105. The van der Waals surface area contributed by atoms with Crippen LogP contribution in [-0.4, -0.2) is 21.9 Å². The van der Waals surface area contributed by atoms with Gasteiger partial charge < -0.3 is 10.1 Å². The van der Waals surface area contributed by atoms with Crippen molar-refractivity contribution in [3.8, 4) is 5.69 Å². The van der Waals surface area contributed by atoms with Crippen LogP contribution < -0.4 is 5.32 Å². The van der Waals surface area contributed by atoms with Gasteiger partial charge in [-0.05, 0) is 31.2 Å². The predicted molar refractivity (Wildman–Crippen MR) is 98.7 cm³/mol. The maximum Gasteiger partial charge on any atom is 0.149 e. The molecule has 2 aromatic carbocycles. The van der Waals surface area contributed by atoms with E-state index < -0.39 is 6.04 Å². The molecule has 0 saturated heterocycles. The Bertz CT molecular complexity index is 978. The number of fused-ring (bicyclic) bond motifs is 1. The summed E-state index contributed by atoms with van der Waals surface area (Å²) in [5.41, 5.74) is 3.21. The second-order valence-electron chi connectivity index (χ2n) is 5.76. The lowest BCUT2D eigenvalue weighted by Gasteiger charge is -2.21. The zero-order chi connectivity index (χ0) is 17.4. The number of nitrogens with zero attached hydrogens (tertiary/aromatic N) is 3. The Morgan fingerprint density at radius 2 is 1.84 bits per heavy atom. The van der Waals surface area contributed by atoms with E-state index in [0.717, 1.165) is 34.6 Å². The Balaban J connectivity index is 1.88. The number of aryl methyl sites for hydroxylation is 1. The highest BCUT2D eigenvalue weighted by molar-refractivity contribution is 6.35. The first-order valence-electron chi connectivity index (χ1n) is 7.89. The lowest BCUT2D eigenvalue weighted by Crippen LogP contribution is -2.24. The summed E-state index contributed by atoms with van der Waals surface area (Å²) in [6, 6.07) is 16.6. The molecule has 0 spiro atoms. The Labute approximate surface area is 150 Å². The van der Waals surface area contributed by atoms with E-state index in [2.05, 4.69) is 15.4 Å². The predicted octanol–water partition coefficient (Wildman–Crippen LogP) is 3.95. The minimum absolute atomic E-state index is 0.562. The highest BCUT2D eigenvalue weighted by Crippen LogP contribution is 2.35. The highest BCUT2D eigenvalue weighted by atomic mass is 35.5. The quantitative estimate of drug-likeness (QED) is 0.728. The van der Waals surface area contributed by atoms with Gasteiger partial charge in [0, 0.05) is 11.1 Å². The number of aldehydes is 1. The first-order chi connectivity index (χ1) is 12.2. The lowest BCUT2D eigenvalue weighted by molar-refractivity contribution is -0.108. The number of anilines is 1. The zero-order valence-electron chi connectivity index (χ0n) is 13.5. The van der Waals surface area contributed by atoms with E-state index in [-0.39, 0.29) is 0 Å². The van der Waals surface area contributed by atoms with Gasteiger partial charge in [0.1, 0.15) is 24.0 Å². The van der Waals surface area contributed by atoms with Gasteiger partial charge in [0.05, 0.1) is 16.4 Å². The number of halogens is 1. The van der Waals surface area contributed by atoms with Crippen molar-refractivity contribution >= 4 is 29.5 Å². The number of amidine groups is 1. The van der Waals surface area contributed by atoms with Crippen LogP contribution in [0.4, 0.5) is 5.82 Å². The second kappa shape index (κ2) is 6.18. The zero-order valence-corrected chi connectivity index (χ0v) is 14.2. The minimum Gasteiger partial charge on any atom is -0.324 e. The summed E-state index contributed by atoms with van der Waals surface area (Å²) >= 11 is 6.31. The molecule has 124 valence electrons. The first kappa shape index (κ1) is 15.6. The second-order valence-corrected chi connectivity index (χ2v) is 6.17. The highest BCUT2D eigenvalue weighted by Gasteiger charge is 2.29. The molecule has 3 aromatic rings. The molecule has 1 aromatic heterocycles. The molecule has 0 saturated carbocycles. The van der Waals surface area contributed by atoms with E-state index in [9.17, 15) is 4.79 Å². The van der Waals surface area contributed by atoms with Crippen LogP contribution in [0.15, 0.2) is 59.6 Å². The largest absolute Gasteiger partial charge is 0.324 e. The van der Waals surface area contributed by atoms with Crippen molar-refractivity contribution in [3.05, 3.63) is 76.4 Å². The van der Waals surface area contributed by atoms with Gasteiger partial charge in [0.25, 0.3) is 0 Å². The smallest absolute Gasteiger partial charge is 0.149 e. The van der Waals surface area contributed by atoms with Crippen LogP contribution in [0.3, 0.4) is 0 Å². The summed E-state index contributed by atoms with van der Waals surface area (Å²) in [6.45, 7) is 1.88. The van der Waals surface area contributed by atoms with Gasteiger partial charge in [-0.2, -0.15) is 5.10 Å². The van der Waals surface area contributed by atoms with Crippen molar-refractivity contribution in [3.63, 3.8) is 0 Å². The van der Waals surface area contributed by atoms with Crippen molar-refractivity contribution in [1.29, 1.82) is 0 Å². The molecule has 0 fully saturated rings. The maximum absolute atomic E-state index is 11.7. The Morgan fingerprint density at radius 1 is 1.12 bits per heavy atom. The first-order valence-corrected chi connectivity index (χ1v) is 8.27. The lowest BCUT2D eigenvalue weighted by atomic mass is 10.1. The van der Waals surface area contributed by atoms with Crippen LogP contribution in [-0.2, 0) is 4.79 Å². The van der Waals surface area contributed by atoms with Crippen LogP contribution in [0.25, 0.3) is 5.69 Å². The third kappa shape index (κ3) is 2.62. The molecular weight excluding hydrogens is 336 g/mol. The van der Waals surface area contributed by atoms with Crippen LogP contribution >= 0.6 is 11.6 Å². The molecule has 1 unspecified atom stereocenters. The number of para-hydroxylation sites is 1. The average Bonchev–Trinajstić information content (AvgIpc) is 2.99. The van der Waals surface area contributed by atoms with Crippen molar-refractivity contribution < 1.29 is 4.79 Å². The van der Waals surface area contributed by atoms with E-state index in [1.807, 2.05) is 55.5 Å².